The molecule has 0 bridgehead atoms. The fourth-order valence-electron chi connectivity index (χ4n) is 2.52. The minimum absolute atomic E-state index is 0.00486. The summed E-state index contributed by atoms with van der Waals surface area (Å²) in [6.07, 6.45) is 0.00486. The molecule has 1 aromatic heterocycles. The van der Waals surface area contributed by atoms with Gasteiger partial charge in [0.05, 0.1) is 18.3 Å². The number of ether oxygens (including phenoxy) is 2. The fraction of sp³-hybridized carbons (Fsp3) is 0.714. The Morgan fingerprint density at radius 1 is 1.50 bits per heavy atom. The summed E-state index contributed by atoms with van der Waals surface area (Å²) < 4.78 is 11.2. The van der Waals surface area contributed by atoms with Crippen molar-refractivity contribution in [2.75, 3.05) is 13.2 Å². The number of aromatic nitrogens is 2. The summed E-state index contributed by atoms with van der Waals surface area (Å²) in [5.41, 5.74) is 1.35. The third-order valence-electron chi connectivity index (χ3n) is 3.42. The van der Waals surface area contributed by atoms with Gasteiger partial charge in [0.1, 0.15) is 5.82 Å². The Balaban J connectivity index is 1.99. The molecule has 0 aliphatic carbocycles. The topological polar surface area (TPSA) is 76.2 Å². The van der Waals surface area contributed by atoms with E-state index < -0.39 is 5.79 Å². The predicted octanol–water partition coefficient (Wildman–Crippen LogP) is 1.19. The number of aryl methyl sites for hydroxylation is 2. The summed E-state index contributed by atoms with van der Waals surface area (Å²) in [7, 11) is 0. The molecule has 1 aliphatic heterocycles. The molecule has 1 saturated heterocycles. The Morgan fingerprint density at radius 2 is 2.20 bits per heavy atom. The van der Waals surface area contributed by atoms with E-state index in [0.717, 1.165) is 5.69 Å². The van der Waals surface area contributed by atoms with Gasteiger partial charge >= 0.3 is 0 Å². The first-order valence-corrected chi connectivity index (χ1v) is 6.91. The minimum Gasteiger partial charge on any atom is -0.348 e. The van der Waals surface area contributed by atoms with Crippen molar-refractivity contribution in [3.05, 3.63) is 27.4 Å². The zero-order valence-electron chi connectivity index (χ0n) is 12.7. The van der Waals surface area contributed by atoms with E-state index in [0.29, 0.717) is 24.5 Å². The first-order valence-electron chi connectivity index (χ1n) is 6.91. The summed E-state index contributed by atoms with van der Waals surface area (Å²) in [4.78, 5) is 19.1. The molecule has 2 N–H and O–H groups in total. The molecule has 1 aliphatic rings. The van der Waals surface area contributed by atoms with Crippen LogP contribution in [-0.4, -0.2) is 35.0 Å². The van der Waals surface area contributed by atoms with Crippen LogP contribution in [0.5, 0.6) is 0 Å². The van der Waals surface area contributed by atoms with Crippen LogP contribution in [0.3, 0.4) is 0 Å². The minimum atomic E-state index is -0.519. The van der Waals surface area contributed by atoms with Crippen molar-refractivity contribution in [3.8, 4) is 0 Å². The number of hydrogen-bond acceptors (Lipinski definition) is 5. The molecule has 0 amide bonds. The maximum atomic E-state index is 12.0. The van der Waals surface area contributed by atoms with Crippen molar-refractivity contribution in [3.63, 3.8) is 0 Å². The average Bonchev–Trinajstić information content (AvgIpc) is 2.65. The highest BCUT2D eigenvalue weighted by molar-refractivity contribution is 5.20. The van der Waals surface area contributed by atoms with E-state index in [1.165, 1.54) is 0 Å². The molecule has 0 saturated carbocycles. The molecular weight excluding hydrogens is 258 g/mol. The zero-order chi connectivity index (χ0) is 14.9. The van der Waals surface area contributed by atoms with Gasteiger partial charge in [0, 0.05) is 18.3 Å². The van der Waals surface area contributed by atoms with Crippen molar-refractivity contribution >= 4 is 0 Å². The third kappa shape index (κ3) is 3.45. The molecule has 0 radical (unpaired) electrons. The van der Waals surface area contributed by atoms with Crippen LogP contribution in [0.2, 0.25) is 0 Å². The van der Waals surface area contributed by atoms with Crippen LogP contribution in [0.15, 0.2) is 4.79 Å². The number of H-pyrrole nitrogens is 1. The highest BCUT2D eigenvalue weighted by Gasteiger charge is 2.32. The van der Waals surface area contributed by atoms with Crippen LogP contribution >= 0.6 is 0 Å². The summed E-state index contributed by atoms with van der Waals surface area (Å²) >= 11 is 0. The van der Waals surface area contributed by atoms with Crippen LogP contribution in [-0.2, 0) is 9.47 Å². The highest BCUT2D eigenvalue weighted by atomic mass is 16.7. The second kappa shape index (κ2) is 5.63. The second-order valence-corrected chi connectivity index (χ2v) is 5.73. The predicted molar refractivity (Wildman–Crippen MR) is 75.7 cm³/mol. The monoisotopic (exact) mass is 281 g/mol. The van der Waals surface area contributed by atoms with Gasteiger partial charge in [-0.1, -0.05) is 0 Å². The SMILES string of the molecule is Cc1nc(C)c(C(C)NCC2COC(C)(C)O2)c(=O)[nH]1. The number of rotatable bonds is 4. The van der Waals surface area contributed by atoms with Gasteiger partial charge < -0.3 is 19.8 Å². The van der Waals surface area contributed by atoms with E-state index in [9.17, 15) is 4.79 Å². The van der Waals surface area contributed by atoms with Crippen molar-refractivity contribution in [1.29, 1.82) is 0 Å². The van der Waals surface area contributed by atoms with Gasteiger partial charge in [-0.05, 0) is 34.6 Å². The lowest BCUT2D eigenvalue weighted by Crippen LogP contribution is -2.35. The number of nitrogens with zero attached hydrogens (tertiary/aromatic N) is 1. The molecule has 1 aromatic rings. The van der Waals surface area contributed by atoms with Crippen LogP contribution in [0.4, 0.5) is 0 Å². The molecule has 0 spiro atoms. The fourth-order valence-corrected chi connectivity index (χ4v) is 2.52. The normalized spacial score (nSPS) is 22.9. The molecule has 2 unspecified atom stereocenters. The lowest BCUT2D eigenvalue weighted by molar-refractivity contribution is -0.137. The first-order chi connectivity index (χ1) is 9.28. The van der Waals surface area contributed by atoms with Crippen LogP contribution in [0.25, 0.3) is 0 Å². The van der Waals surface area contributed by atoms with E-state index in [-0.39, 0.29) is 17.7 Å². The van der Waals surface area contributed by atoms with E-state index in [4.69, 9.17) is 9.47 Å². The lowest BCUT2D eigenvalue weighted by Gasteiger charge is -2.20. The Hall–Kier alpha value is -1.24. The molecule has 6 heteroatoms. The molecule has 20 heavy (non-hydrogen) atoms. The second-order valence-electron chi connectivity index (χ2n) is 5.73. The maximum absolute atomic E-state index is 12.0. The number of nitrogens with one attached hydrogen (secondary N) is 2. The van der Waals surface area contributed by atoms with Gasteiger partial charge in [0.2, 0.25) is 0 Å². The van der Waals surface area contributed by atoms with Gasteiger partial charge in [0.25, 0.3) is 5.56 Å². The Kier molecular flexibility index (Phi) is 4.27. The van der Waals surface area contributed by atoms with E-state index in [1.807, 2.05) is 27.7 Å². The molecule has 1 fully saturated rings. The average molecular weight is 281 g/mol. The molecule has 2 rings (SSSR count). The Morgan fingerprint density at radius 3 is 2.75 bits per heavy atom. The van der Waals surface area contributed by atoms with Gasteiger partial charge in [-0.15, -0.1) is 0 Å². The molecule has 6 nitrogen and oxygen atoms in total. The van der Waals surface area contributed by atoms with E-state index in [1.54, 1.807) is 6.92 Å². The standard InChI is InChI=1S/C14H23N3O3/c1-8(12-9(2)16-10(3)17-13(12)18)15-6-11-7-19-14(4,5)20-11/h8,11,15H,6-7H2,1-5H3,(H,16,17,18). The molecule has 112 valence electrons. The highest BCUT2D eigenvalue weighted by Crippen LogP contribution is 2.22. The van der Waals surface area contributed by atoms with Crippen molar-refractivity contribution in [2.45, 2.75) is 52.6 Å². The summed E-state index contributed by atoms with van der Waals surface area (Å²) in [6.45, 7) is 10.6. The number of hydrogen-bond donors (Lipinski definition) is 2. The van der Waals surface area contributed by atoms with Crippen LogP contribution in [0.1, 0.15) is 43.9 Å². The molecule has 0 aromatic carbocycles. The van der Waals surface area contributed by atoms with Gasteiger partial charge in [-0.25, -0.2) is 4.98 Å². The smallest absolute Gasteiger partial charge is 0.255 e. The quantitative estimate of drug-likeness (QED) is 0.867. The van der Waals surface area contributed by atoms with E-state index in [2.05, 4.69) is 15.3 Å². The lowest BCUT2D eigenvalue weighted by atomic mass is 10.1. The maximum Gasteiger partial charge on any atom is 0.255 e. The Bertz CT molecular complexity index is 539. The number of aromatic amines is 1. The molecule has 2 heterocycles. The van der Waals surface area contributed by atoms with Gasteiger partial charge in [-0.2, -0.15) is 0 Å². The Labute approximate surface area is 118 Å². The van der Waals surface area contributed by atoms with Crippen molar-refractivity contribution in [1.82, 2.24) is 15.3 Å². The molecular formula is C14H23N3O3. The van der Waals surface area contributed by atoms with Crippen molar-refractivity contribution in [2.24, 2.45) is 0 Å². The zero-order valence-corrected chi connectivity index (χ0v) is 12.7. The summed E-state index contributed by atoms with van der Waals surface area (Å²) in [5.74, 6) is 0.117. The van der Waals surface area contributed by atoms with E-state index >= 15 is 0 Å². The summed E-state index contributed by atoms with van der Waals surface area (Å²) in [5, 5.41) is 3.31. The largest absolute Gasteiger partial charge is 0.348 e. The first kappa shape index (κ1) is 15.2. The third-order valence-corrected chi connectivity index (χ3v) is 3.42. The van der Waals surface area contributed by atoms with Crippen molar-refractivity contribution < 1.29 is 9.47 Å². The van der Waals surface area contributed by atoms with Crippen LogP contribution in [0, 0.1) is 13.8 Å². The van der Waals surface area contributed by atoms with Gasteiger partial charge in [-0.3, -0.25) is 4.79 Å². The molecule has 2 atom stereocenters. The van der Waals surface area contributed by atoms with Gasteiger partial charge in [0.15, 0.2) is 5.79 Å². The van der Waals surface area contributed by atoms with Crippen LogP contribution < -0.4 is 10.9 Å². The summed E-state index contributed by atoms with van der Waals surface area (Å²) in [6, 6.07) is -0.0841.